The molecular formula is C23H30N2O. The maximum atomic E-state index is 5.38. The molecule has 0 atom stereocenters. The van der Waals surface area contributed by atoms with Gasteiger partial charge in [-0.2, -0.15) is 0 Å². The molecule has 0 aliphatic heterocycles. The molecule has 1 aromatic heterocycles. The minimum atomic E-state index is 0.899. The van der Waals surface area contributed by atoms with Crippen molar-refractivity contribution < 1.29 is 4.74 Å². The number of fused-ring (bicyclic) bond motifs is 1. The molecular weight excluding hydrogens is 320 g/mol. The second kappa shape index (κ2) is 8.91. The van der Waals surface area contributed by atoms with Gasteiger partial charge in [0.1, 0.15) is 5.75 Å². The molecule has 0 unspecified atom stereocenters. The molecule has 3 nitrogen and oxygen atoms in total. The number of aromatic amines is 1. The standard InChI is InChI=1S/C23H30N2O/c1-4-12-24-13-11-20-21-15-17(5-2)9-10-22(21)25-23(20)16-18-7-6-8-19(14-18)26-3/h6-10,14-15,24-25H,4-5,11-13,16H2,1-3H3. The van der Waals surface area contributed by atoms with E-state index in [0.717, 1.165) is 38.1 Å². The van der Waals surface area contributed by atoms with Crippen molar-refractivity contribution >= 4 is 10.9 Å². The van der Waals surface area contributed by atoms with Crippen LogP contribution in [0.4, 0.5) is 0 Å². The predicted octanol–water partition coefficient (Wildman–Crippen LogP) is 4.87. The van der Waals surface area contributed by atoms with Gasteiger partial charge in [0, 0.05) is 23.0 Å². The summed E-state index contributed by atoms with van der Waals surface area (Å²) in [4.78, 5) is 3.67. The van der Waals surface area contributed by atoms with Crippen LogP contribution in [-0.2, 0) is 19.3 Å². The molecule has 3 aromatic rings. The summed E-state index contributed by atoms with van der Waals surface area (Å²) in [5.41, 5.74) is 6.67. The smallest absolute Gasteiger partial charge is 0.119 e. The van der Waals surface area contributed by atoms with E-state index in [2.05, 4.69) is 60.5 Å². The Kier molecular flexibility index (Phi) is 6.35. The molecule has 2 N–H and O–H groups in total. The van der Waals surface area contributed by atoms with Crippen molar-refractivity contribution in [3.8, 4) is 5.75 Å². The quantitative estimate of drug-likeness (QED) is 0.540. The topological polar surface area (TPSA) is 37.0 Å². The highest BCUT2D eigenvalue weighted by atomic mass is 16.5. The molecule has 3 rings (SSSR count). The number of nitrogens with one attached hydrogen (secondary N) is 2. The van der Waals surface area contributed by atoms with Gasteiger partial charge in [-0.15, -0.1) is 0 Å². The van der Waals surface area contributed by atoms with Crippen LogP contribution in [0.1, 0.15) is 42.7 Å². The zero-order valence-corrected chi connectivity index (χ0v) is 16.2. The SMILES string of the molecule is CCCNCCc1c(Cc2cccc(OC)c2)[nH]c2ccc(CC)cc12. The number of aryl methyl sites for hydroxylation is 1. The zero-order chi connectivity index (χ0) is 18.4. The molecule has 0 amide bonds. The van der Waals surface area contributed by atoms with Crippen molar-refractivity contribution in [3.63, 3.8) is 0 Å². The summed E-state index contributed by atoms with van der Waals surface area (Å²) in [6.07, 6.45) is 4.19. The van der Waals surface area contributed by atoms with E-state index in [0.29, 0.717) is 0 Å². The number of rotatable bonds is 9. The molecule has 3 heteroatoms. The van der Waals surface area contributed by atoms with Gasteiger partial charge in [0.05, 0.1) is 7.11 Å². The van der Waals surface area contributed by atoms with Crippen molar-refractivity contribution in [2.45, 2.75) is 39.5 Å². The third-order valence-electron chi connectivity index (χ3n) is 4.96. The number of aromatic nitrogens is 1. The first kappa shape index (κ1) is 18.5. The van der Waals surface area contributed by atoms with E-state index < -0.39 is 0 Å². The number of hydrogen-bond acceptors (Lipinski definition) is 2. The first-order valence-corrected chi connectivity index (χ1v) is 9.71. The second-order valence-electron chi connectivity index (χ2n) is 6.84. The molecule has 2 aromatic carbocycles. The maximum absolute atomic E-state index is 5.38. The lowest BCUT2D eigenvalue weighted by molar-refractivity contribution is 0.414. The Labute approximate surface area is 156 Å². The molecule has 138 valence electrons. The van der Waals surface area contributed by atoms with Gasteiger partial charge in [-0.1, -0.05) is 32.0 Å². The number of methoxy groups -OCH3 is 1. The Bertz CT molecular complexity index is 851. The largest absolute Gasteiger partial charge is 0.497 e. The third kappa shape index (κ3) is 4.28. The molecule has 0 saturated heterocycles. The number of hydrogen-bond donors (Lipinski definition) is 2. The monoisotopic (exact) mass is 350 g/mol. The lowest BCUT2D eigenvalue weighted by atomic mass is 10.0. The van der Waals surface area contributed by atoms with Crippen molar-refractivity contribution in [2.24, 2.45) is 0 Å². The van der Waals surface area contributed by atoms with Gasteiger partial charge in [0.2, 0.25) is 0 Å². The van der Waals surface area contributed by atoms with E-state index in [-0.39, 0.29) is 0 Å². The van der Waals surface area contributed by atoms with E-state index >= 15 is 0 Å². The molecule has 0 spiro atoms. The second-order valence-corrected chi connectivity index (χ2v) is 6.84. The molecule has 26 heavy (non-hydrogen) atoms. The fourth-order valence-electron chi connectivity index (χ4n) is 3.51. The summed E-state index contributed by atoms with van der Waals surface area (Å²) in [6.45, 7) is 6.52. The van der Waals surface area contributed by atoms with Gasteiger partial charge in [0.25, 0.3) is 0 Å². The van der Waals surface area contributed by atoms with E-state index in [1.165, 1.54) is 39.7 Å². The van der Waals surface area contributed by atoms with E-state index in [9.17, 15) is 0 Å². The van der Waals surface area contributed by atoms with E-state index in [1.807, 2.05) is 6.07 Å². The molecule has 0 aliphatic rings. The summed E-state index contributed by atoms with van der Waals surface area (Å²) in [6, 6.07) is 15.2. The average Bonchev–Trinajstić information content (AvgIpc) is 3.01. The third-order valence-corrected chi connectivity index (χ3v) is 4.96. The fourth-order valence-corrected chi connectivity index (χ4v) is 3.51. The lowest BCUT2D eigenvalue weighted by Gasteiger charge is -2.08. The van der Waals surface area contributed by atoms with Crippen LogP contribution in [-0.4, -0.2) is 25.2 Å². The van der Waals surface area contributed by atoms with Crippen molar-refractivity contribution in [1.82, 2.24) is 10.3 Å². The number of benzene rings is 2. The summed E-state index contributed by atoms with van der Waals surface area (Å²) < 4.78 is 5.38. The highest BCUT2D eigenvalue weighted by Gasteiger charge is 2.13. The highest BCUT2D eigenvalue weighted by Crippen LogP contribution is 2.27. The number of ether oxygens (including phenoxy) is 1. The van der Waals surface area contributed by atoms with Crippen LogP contribution < -0.4 is 10.1 Å². The van der Waals surface area contributed by atoms with Crippen LogP contribution in [0.25, 0.3) is 10.9 Å². The normalized spacial score (nSPS) is 11.2. The average molecular weight is 351 g/mol. The summed E-state index contributed by atoms with van der Waals surface area (Å²) >= 11 is 0. The number of H-pyrrole nitrogens is 1. The van der Waals surface area contributed by atoms with Crippen LogP contribution in [0.3, 0.4) is 0 Å². The summed E-state index contributed by atoms with van der Waals surface area (Å²) in [7, 11) is 1.72. The lowest BCUT2D eigenvalue weighted by Crippen LogP contribution is -2.18. The van der Waals surface area contributed by atoms with Gasteiger partial charge < -0.3 is 15.0 Å². The van der Waals surface area contributed by atoms with Gasteiger partial charge in [-0.05, 0) is 73.3 Å². The highest BCUT2D eigenvalue weighted by molar-refractivity contribution is 5.85. The Morgan fingerprint density at radius 1 is 1.00 bits per heavy atom. The minimum absolute atomic E-state index is 0.899. The molecule has 0 radical (unpaired) electrons. The molecule has 0 aliphatic carbocycles. The van der Waals surface area contributed by atoms with Crippen molar-refractivity contribution in [2.75, 3.05) is 20.2 Å². The molecule has 1 heterocycles. The van der Waals surface area contributed by atoms with Crippen LogP contribution in [0.2, 0.25) is 0 Å². The Morgan fingerprint density at radius 3 is 2.65 bits per heavy atom. The first-order valence-electron chi connectivity index (χ1n) is 9.71. The van der Waals surface area contributed by atoms with Crippen LogP contribution in [0.5, 0.6) is 5.75 Å². The zero-order valence-electron chi connectivity index (χ0n) is 16.2. The Balaban J connectivity index is 1.93. The van der Waals surface area contributed by atoms with Crippen molar-refractivity contribution in [1.29, 1.82) is 0 Å². The fraction of sp³-hybridized carbons (Fsp3) is 0.391. The van der Waals surface area contributed by atoms with Crippen LogP contribution in [0, 0.1) is 0 Å². The van der Waals surface area contributed by atoms with Gasteiger partial charge in [-0.25, -0.2) is 0 Å². The maximum Gasteiger partial charge on any atom is 0.119 e. The Hall–Kier alpha value is -2.26. The molecule has 0 saturated carbocycles. The van der Waals surface area contributed by atoms with E-state index in [4.69, 9.17) is 4.74 Å². The van der Waals surface area contributed by atoms with E-state index in [1.54, 1.807) is 7.11 Å². The van der Waals surface area contributed by atoms with Gasteiger partial charge >= 0.3 is 0 Å². The predicted molar refractivity (Wildman–Crippen MR) is 110 cm³/mol. The summed E-state index contributed by atoms with van der Waals surface area (Å²) in [5, 5.41) is 4.92. The minimum Gasteiger partial charge on any atom is -0.497 e. The van der Waals surface area contributed by atoms with Gasteiger partial charge in [0.15, 0.2) is 0 Å². The van der Waals surface area contributed by atoms with Crippen molar-refractivity contribution in [3.05, 3.63) is 64.8 Å². The Morgan fingerprint density at radius 2 is 1.88 bits per heavy atom. The summed E-state index contributed by atoms with van der Waals surface area (Å²) in [5.74, 6) is 0.915. The van der Waals surface area contributed by atoms with Crippen LogP contribution >= 0.6 is 0 Å². The first-order chi connectivity index (χ1) is 12.7. The molecule has 0 bridgehead atoms. The molecule has 0 fully saturated rings. The van der Waals surface area contributed by atoms with Crippen LogP contribution in [0.15, 0.2) is 42.5 Å². The van der Waals surface area contributed by atoms with Gasteiger partial charge in [-0.3, -0.25) is 0 Å².